The molecule has 0 fully saturated rings. The number of rotatable bonds is 8. The molecule has 0 heterocycles. The van der Waals surface area contributed by atoms with Crippen LogP contribution in [0.2, 0.25) is 0 Å². The molecule has 5 heteroatoms. The van der Waals surface area contributed by atoms with Crippen LogP contribution in [0.5, 0.6) is 0 Å². The van der Waals surface area contributed by atoms with Crippen molar-refractivity contribution in [2.45, 2.75) is 45.1 Å². The summed E-state index contributed by atoms with van der Waals surface area (Å²) in [5.74, 6) is -1.20. The molecule has 0 saturated carbocycles. The third-order valence-corrected chi connectivity index (χ3v) is 1.95. The number of carboxylic acid groups (broad SMARTS) is 1. The average molecular weight is 217 g/mol. The number of carboxylic acids is 1. The molecule has 0 radical (unpaired) electrons. The lowest BCUT2D eigenvalue weighted by atomic mass is 10.2. The molecule has 0 aliphatic rings. The van der Waals surface area contributed by atoms with Crippen molar-refractivity contribution in [2.75, 3.05) is 6.54 Å². The molecule has 3 N–H and O–H groups in total. The Morgan fingerprint density at radius 3 is 2.53 bits per heavy atom. The summed E-state index contributed by atoms with van der Waals surface area (Å²) in [5.41, 5.74) is 0. The molecule has 1 atom stereocenters. The molecule has 1 unspecified atom stereocenters. The van der Waals surface area contributed by atoms with Crippen molar-refractivity contribution in [1.82, 2.24) is 5.32 Å². The molecule has 0 aliphatic carbocycles. The number of hydrogen-bond donors (Lipinski definition) is 3. The monoisotopic (exact) mass is 217 g/mol. The largest absolute Gasteiger partial charge is 0.481 e. The van der Waals surface area contributed by atoms with Gasteiger partial charge >= 0.3 is 5.97 Å². The number of carbonyl (C=O) groups excluding carboxylic acids is 1. The van der Waals surface area contributed by atoms with E-state index in [2.05, 4.69) is 12.2 Å². The van der Waals surface area contributed by atoms with Gasteiger partial charge in [0, 0.05) is 13.0 Å². The predicted octanol–water partition coefficient (Wildman–Crippen LogP) is 0.518. The molecular formula is C10H19NO4. The molecular weight excluding hydrogens is 198 g/mol. The molecule has 0 rings (SSSR count). The number of aliphatic hydroxyl groups excluding tert-OH is 1. The molecule has 0 spiro atoms. The topological polar surface area (TPSA) is 86.6 Å². The van der Waals surface area contributed by atoms with Crippen LogP contribution in [0, 0.1) is 0 Å². The van der Waals surface area contributed by atoms with Crippen molar-refractivity contribution in [2.24, 2.45) is 0 Å². The van der Waals surface area contributed by atoms with Gasteiger partial charge in [-0.2, -0.15) is 0 Å². The summed E-state index contributed by atoms with van der Waals surface area (Å²) < 4.78 is 0. The first-order valence-corrected chi connectivity index (χ1v) is 5.22. The fourth-order valence-corrected chi connectivity index (χ4v) is 1.13. The summed E-state index contributed by atoms with van der Waals surface area (Å²) >= 11 is 0. The lowest BCUT2D eigenvalue weighted by molar-refractivity contribution is -0.139. The van der Waals surface area contributed by atoms with Crippen LogP contribution in [0.1, 0.15) is 39.0 Å². The Bertz CT molecular complexity index is 206. The van der Waals surface area contributed by atoms with E-state index in [9.17, 15) is 9.59 Å². The highest BCUT2D eigenvalue weighted by molar-refractivity contribution is 5.76. The smallest absolute Gasteiger partial charge is 0.306 e. The molecule has 0 aromatic rings. The summed E-state index contributed by atoms with van der Waals surface area (Å²) in [6.45, 7) is 2.06. The normalized spacial score (nSPS) is 12.1. The zero-order valence-electron chi connectivity index (χ0n) is 9.03. The Kier molecular flexibility index (Phi) is 7.62. The van der Waals surface area contributed by atoms with Crippen LogP contribution in [0.4, 0.5) is 0 Å². The highest BCUT2D eigenvalue weighted by atomic mass is 16.4. The number of nitrogens with one attached hydrogen (secondary N) is 1. The molecule has 0 aromatic heterocycles. The van der Waals surface area contributed by atoms with Gasteiger partial charge in [0.25, 0.3) is 0 Å². The van der Waals surface area contributed by atoms with Crippen molar-refractivity contribution in [3.8, 4) is 0 Å². The Morgan fingerprint density at radius 2 is 2.00 bits per heavy atom. The number of amides is 1. The van der Waals surface area contributed by atoms with E-state index >= 15 is 0 Å². The predicted molar refractivity (Wildman–Crippen MR) is 55.4 cm³/mol. The van der Waals surface area contributed by atoms with Crippen LogP contribution in [0.25, 0.3) is 0 Å². The zero-order valence-corrected chi connectivity index (χ0v) is 9.03. The standard InChI is InChI=1S/C10H19NO4/c1-2-3-4-5-9(13)11-7-8(12)6-10(14)15/h8,12H,2-7H2,1H3,(H,11,13)(H,14,15). The van der Waals surface area contributed by atoms with E-state index in [0.717, 1.165) is 19.3 Å². The number of unbranched alkanes of at least 4 members (excludes halogenated alkanes) is 2. The van der Waals surface area contributed by atoms with Gasteiger partial charge in [-0.3, -0.25) is 9.59 Å². The van der Waals surface area contributed by atoms with E-state index in [1.54, 1.807) is 0 Å². The molecule has 0 aliphatic heterocycles. The lowest BCUT2D eigenvalue weighted by Crippen LogP contribution is -2.33. The third kappa shape index (κ3) is 9.21. The van der Waals surface area contributed by atoms with Crippen LogP contribution in [-0.2, 0) is 9.59 Å². The first-order chi connectivity index (χ1) is 7.06. The molecule has 1 amide bonds. The summed E-state index contributed by atoms with van der Waals surface area (Å²) in [6.07, 6.45) is 1.98. The Balaban J connectivity index is 3.48. The fraction of sp³-hybridized carbons (Fsp3) is 0.800. The second kappa shape index (κ2) is 8.23. The number of hydrogen-bond acceptors (Lipinski definition) is 3. The van der Waals surface area contributed by atoms with Crippen molar-refractivity contribution in [3.63, 3.8) is 0 Å². The van der Waals surface area contributed by atoms with Gasteiger partial charge in [0.1, 0.15) is 0 Å². The average Bonchev–Trinajstić information content (AvgIpc) is 2.14. The third-order valence-electron chi connectivity index (χ3n) is 1.95. The van der Waals surface area contributed by atoms with E-state index in [1.807, 2.05) is 0 Å². The quantitative estimate of drug-likeness (QED) is 0.517. The van der Waals surface area contributed by atoms with Gasteiger partial charge in [-0.25, -0.2) is 0 Å². The number of aliphatic hydroxyl groups is 1. The van der Waals surface area contributed by atoms with Crippen LogP contribution in [-0.4, -0.2) is 34.7 Å². The molecule has 0 bridgehead atoms. The van der Waals surface area contributed by atoms with Gasteiger partial charge in [-0.1, -0.05) is 19.8 Å². The van der Waals surface area contributed by atoms with Crippen molar-refractivity contribution in [3.05, 3.63) is 0 Å². The minimum atomic E-state index is -1.07. The molecule has 5 nitrogen and oxygen atoms in total. The van der Waals surface area contributed by atoms with Crippen molar-refractivity contribution < 1.29 is 19.8 Å². The van der Waals surface area contributed by atoms with Crippen LogP contribution >= 0.6 is 0 Å². The van der Waals surface area contributed by atoms with Gasteiger partial charge in [-0.15, -0.1) is 0 Å². The van der Waals surface area contributed by atoms with Gasteiger partial charge in [0.05, 0.1) is 12.5 Å². The molecule has 88 valence electrons. The van der Waals surface area contributed by atoms with E-state index in [1.165, 1.54) is 0 Å². The van der Waals surface area contributed by atoms with Crippen molar-refractivity contribution >= 4 is 11.9 Å². The zero-order chi connectivity index (χ0) is 11.7. The number of aliphatic carboxylic acids is 1. The maximum Gasteiger partial charge on any atom is 0.306 e. The molecule has 15 heavy (non-hydrogen) atoms. The molecule has 0 saturated heterocycles. The van der Waals surface area contributed by atoms with Gasteiger partial charge < -0.3 is 15.5 Å². The second-order valence-electron chi connectivity index (χ2n) is 3.51. The van der Waals surface area contributed by atoms with E-state index in [-0.39, 0.29) is 18.9 Å². The SMILES string of the molecule is CCCCCC(=O)NCC(O)CC(=O)O. The first kappa shape index (κ1) is 13.9. The molecule has 0 aromatic carbocycles. The second-order valence-corrected chi connectivity index (χ2v) is 3.51. The number of carbonyl (C=O) groups is 2. The maximum absolute atomic E-state index is 11.1. The van der Waals surface area contributed by atoms with Crippen LogP contribution in [0.3, 0.4) is 0 Å². The highest BCUT2D eigenvalue weighted by Gasteiger charge is 2.10. The van der Waals surface area contributed by atoms with Gasteiger partial charge in [0.15, 0.2) is 0 Å². The van der Waals surface area contributed by atoms with Gasteiger partial charge in [0.2, 0.25) is 5.91 Å². The van der Waals surface area contributed by atoms with E-state index in [4.69, 9.17) is 10.2 Å². The Labute approximate surface area is 89.5 Å². The summed E-state index contributed by atoms with van der Waals surface area (Å²) in [4.78, 5) is 21.3. The van der Waals surface area contributed by atoms with E-state index in [0.29, 0.717) is 6.42 Å². The minimum Gasteiger partial charge on any atom is -0.481 e. The van der Waals surface area contributed by atoms with Crippen LogP contribution < -0.4 is 5.32 Å². The minimum absolute atomic E-state index is 0.0112. The lowest BCUT2D eigenvalue weighted by Gasteiger charge is -2.09. The van der Waals surface area contributed by atoms with E-state index < -0.39 is 12.1 Å². The fourth-order valence-electron chi connectivity index (χ4n) is 1.13. The maximum atomic E-state index is 11.1. The van der Waals surface area contributed by atoms with Crippen molar-refractivity contribution in [1.29, 1.82) is 0 Å². The summed E-state index contributed by atoms with van der Waals surface area (Å²) in [5, 5.41) is 20.0. The first-order valence-electron chi connectivity index (χ1n) is 5.22. The van der Waals surface area contributed by atoms with Gasteiger partial charge in [-0.05, 0) is 6.42 Å². The van der Waals surface area contributed by atoms with Crippen LogP contribution in [0.15, 0.2) is 0 Å². The Morgan fingerprint density at radius 1 is 1.33 bits per heavy atom. The summed E-state index contributed by atoms with van der Waals surface area (Å²) in [6, 6.07) is 0. The summed E-state index contributed by atoms with van der Waals surface area (Å²) in [7, 11) is 0. The highest BCUT2D eigenvalue weighted by Crippen LogP contribution is 1.98. The Hall–Kier alpha value is -1.10.